The summed E-state index contributed by atoms with van der Waals surface area (Å²) in [6.45, 7) is 3.95. The lowest BCUT2D eigenvalue weighted by molar-refractivity contribution is 0.141. The maximum Gasteiger partial charge on any atom is 0.217 e. The van der Waals surface area contributed by atoms with Gasteiger partial charge in [0.15, 0.2) is 0 Å². The van der Waals surface area contributed by atoms with Crippen LogP contribution in [0.3, 0.4) is 0 Å². The van der Waals surface area contributed by atoms with Crippen molar-refractivity contribution in [3.8, 4) is 0 Å². The summed E-state index contributed by atoms with van der Waals surface area (Å²) >= 11 is 0. The summed E-state index contributed by atoms with van der Waals surface area (Å²) in [6.07, 6.45) is 0.755. The van der Waals surface area contributed by atoms with Gasteiger partial charge in [0.2, 0.25) is 10.0 Å². The van der Waals surface area contributed by atoms with Crippen LogP contribution in [0.25, 0.3) is 0 Å². The third kappa shape index (κ3) is 2.88. The lowest BCUT2D eigenvalue weighted by Gasteiger charge is -2.37. The van der Waals surface area contributed by atoms with Crippen molar-refractivity contribution in [2.24, 2.45) is 0 Å². The van der Waals surface area contributed by atoms with E-state index in [1.165, 1.54) is 22.3 Å². The first kappa shape index (κ1) is 15.8. The molecule has 0 N–H and O–H groups in total. The van der Waals surface area contributed by atoms with Crippen molar-refractivity contribution in [2.75, 3.05) is 19.0 Å². The van der Waals surface area contributed by atoms with Crippen LogP contribution >= 0.6 is 0 Å². The van der Waals surface area contributed by atoms with Crippen LogP contribution in [0.5, 0.6) is 0 Å². The van der Waals surface area contributed by atoms with E-state index in [1.54, 1.807) is 4.31 Å². The minimum absolute atomic E-state index is 0.0119. The molecule has 4 nitrogen and oxygen atoms in total. The van der Waals surface area contributed by atoms with Crippen molar-refractivity contribution in [3.05, 3.63) is 70.8 Å². The molecule has 2 heterocycles. The third-order valence-electron chi connectivity index (χ3n) is 5.07. The fourth-order valence-corrected chi connectivity index (χ4v) is 5.44. The number of rotatable bonds is 3. The SMILES string of the molecule is Cc1ccc2c(c1)C1CS(=O)(=O)N(CCc3ccccc3)CN1C2. The molecule has 1 fully saturated rings. The second kappa shape index (κ2) is 5.99. The summed E-state index contributed by atoms with van der Waals surface area (Å²) < 4.78 is 27.1. The number of aryl methyl sites for hydroxylation is 1. The largest absolute Gasteiger partial charge is 0.277 e. The smallest absolute Gasteiger partial charge is 0.217 e. The first-order valence-electron chi connectivity index (χ1n) is 8.38. The Labute approximate surface area is 143 Å². The molecular formula is C19H22N2O2S. The molecule has 1 unspecified atom stereocenters. The molecule has 0 radical (unpaired) electrons. The van der Waals surface area contributed by atoms with Gasteiger partial charge in [0.1, 0.15) is 0 Å². The Kier molecular flexibility index (Phi) is 3.95. The molecule has 0 aliphatic carbocycles. The zero-order valence-electron chi connectivity index (χ0n) is 13.9. The maximum atomic E-state index is 12.7. The molecular weight excluding hydrogens is 320 g/mol. The van der Waals surface area contributed by atoms with Crippen LogP contribution in [-0.2, 0) is 23.0 Å². The van der Waals surface area contributed by atoms with Crippen molar-refractivity contribution >= 4 is 10.0 Å². The number of nitrogens with zero attached hydrogens (tertiary/aromatic N) is 2. The van der Waals surface area contributed by atoms with Crippen LogP contribution in [0.1, 0.15) is 28.3 Å². The minimum Gasteiger partial charge on any atom is -0.277 e. The second-order valence-electron chi connectivity index (χ2n) is 6.80. The van der Waals surface area contributed by atoms with E-state index < -0.39 is 10.0 Å². The molecule has 0 bridgehead atoms. The molecule has 2 aromatic rings. The van der Waals surface area contributed by atoms with Gasteiger partial charge in [0.25, 0.3) is 0 Å². The second-order valence-corrected chi connectivity index (χ2v) is 8.81. The highest BCUT2D eigenvalue weighted by molar-refractivity contribution is 7.89. The highest BCUT2D eigenvalue weighted by Crippen LogP contribution is 2.38. The molecule has 5 heteroatoms. The van der Waals surface area contributed by atoms with Crippen molar-refractivity contribution in [3.63, 3.8) is 0 Å². The summed E-state index contributed by atoms with van der Waals surface area (Å²) in [5.41, 5.74) is 4.83. The Bertz CT molecular complexity index is 849. The molecule has 4 rings (SSSR count). The minimum atomic E-state index is -3.21. The van der Waals surface area contributed by atoms with Crippen LogP contribution in [-0.4, -0.2) is 36.6 Å². The molecule has 2 aromatic carbocycles. The highest BCUT2D eigenvalue weighted by atomic mass is 32.2. The summed E-state index contributed by atoms with van der Waals surface area (Å²) in [6, 6.07) is 16.5. The molecule has 24 heavy (non-hydrogen) atoms. The Morgan fingerprint density at radius 1 is 1.12 bits per heavy atom. The van der Waals surface area contributed by atoms with Gasteiger partial charge in [-0.3, -0.25) is 4.90 Å². The topological polar surface area (TPSA) is 40.6 Å². The fourth-order valence-electron chi connectivity index (χ4n) is 3.74. The Morgan fingerprint density at radius 3 is 2.71 bits per heavy atom. The molecule has 0 amide bonds. The summed E-state index contributed by atoms with van der Waals surface area (Å²) in [5, 5.41) is 0. The Hall–Kier alpha value is -1.69. The van der Waals surface area contributed by atoms with Crippen molar-refractivity contribution in [1.29, 1.82) is 0 Å². The number of sulfonamides is 1. The van der Waals surface area contributed by atoms with Crippen LogP contribution in [0.15, 0.2) is 48.5 Å². The molecule has 0 spiro atoms. The normalized spacial score (nSPS) is 23.0. The van der Waals surface area contributed by atoms with E-state index in [-0.39, 0.29) is 11.8 Å². The summed E-state index contributed by atoms with van der Waals surface area (Å²) in [7, 11) is -3.21. The van der Waals surface area contributed by atoms with E-state index in [1.807, 2.05) is 30.3 Å². The molecule has 2 aliphatic rings. The third-order valence-corrected chi connectivity index (χ3v) is 6.89. The van der Waals surface area contributed by atoms with Gasteiger partial charge in [0, 0.05) is 13.1 Å². The van der Waals surface area contributed by atoms with Crippen LogP contribution < -0.4 is 0 Å². The predicted octanol–water partition coefficient (Wildman–Crippen LogP) is 2.70. The van der Waals surface area contributed by atoms with Gasteiger partial charge in [-0.15, -0.1) is 0 Å². The van der Waals surface area contributed by atoms with E-state index in [0.717, 1.165) is 13.0 Å². The van der Waals surface area contributed by atoms with E-state index in [4.69, 9.17) is 0 Å². The summed E-state index contributed by atoms with van der Waals surface area (Å²) in [4.78, 5) is 2.29. The van der Waals surface area contributed by atoms with Gasteiger partial charge in [-0.1, -0.05) is 54.1 Å². The van der Waals surface area contributed by atoms with E-state index in [2.05, 4.69) is 30.0 Å². The van der Waals surface area contributed by atoms with Gasteiger partial charge in [0.05, 0.1) is 18.5 Å². The quantitative estimate of drug-likeness (QED) is 0.861. The van der Waals surface area contributed by atoms with Crippen LogP contribution in [0, 0.1) is 6.92 Å². The molecule has 0 saturated carbocycles. The lowest BCUT2D eigenvalue weighted by Crippen LogP contribution is -2.50. The van der Waals surface area contributed by atoms with E-state index in [0.29, 0.717) is 13.2 Å². The molecule has 1 atom stereocenters. The first-order valence-corrected chi connectivity index (χ1v) is 9.99. The molecule has 0 aromatic heterocycles. The standard InChI is InChI=1S/C19H22N2O2S/c1-15-7-8-17-12-20-14-21(10-9-16-5-3-2-4-6-16)24(22,23)13-19(20)18(17)11-15/h2-8,11,19H,9-10,12-14H2,1H3. The van der Waals surface area contributed by atoms with Crippen LogP contribution in [0.4, 0.5) is 0 Å². The van der Waals surface area contributed by atoms with E-state index in [9.17, 15) is 8.42 Å². The van der Waals surface area contributed by atoms with E-state index >= 15 is 0 Å². The Morgan fingerprint density at radius 2 is 1.92 bits per heavy atom. The van der Waals surface area contributed by atoms with Gasteiger partial charge in [-0.25, -0.2) is 8.42 Å². The number of fused-ring (bicyclic) bond motifs is 3. The first-order chi connectivity index (χ1) is 11.5. The zero-order valence-corrected chi connectivity index (χ0v) is 14.7. The number of hydrogen-bond donors (Lipinski definition) is 0. The predicted molar refractivity (Wildman–Crippen MR) is 95.0 cm³/mol. The van der Waals surface area contributed by atoms with Gasteiger partial charge in [-0.05, 0) is 30.0 Å². The van der Waals surface area contributed by atoms with Crippen LogP contribution in [0.2, 0.25) is 0 Å². The van der Waals surface area contributed by atoms with Gasteiger partial charge in [-0.2, -0.15) is 4.31 Å². The average Bonchev–Trinajstić information content (AvgIpc) is 2.89. The molecule has 126 valence electrons. The Balaban J connectivity index is 1.53. The van der Waals surface area contributed by atoms with Crippen molar-refractivity contribution < 1.29 is 8.42 Å². The molecule has 2 aliphatic heterocycles. The maximum absolute atomic E-state index is 12.7. The fraction of sp³-hybridized carbons (Fsp3) is 0.368. The summed E-state index contributed by atoms with van der Waals surface area (Å²) in [5.74, 6) is 0.193. The lowest BCUT2D eigenvalue weighted by atomic mass is 10.0. The zero-order chi connectivity index (χ0) is 16.7. The van der Waals surface area contributed by atoms with Crippen molar-refractivity contribution in [2.45, 2.75) is 25.9 Å². The molecule has 1 saturated heterocycles. The van der Waals surface area contributed by atoms with Crippen molar-refractivity contribution in [1.82, 2.24) is 9.21 Å². The van der Waals surface area contributed by atoms with Gasteiger partial charge >= 0.3 is 0 Å². The monoisotopic (exact) mass is 342 g/mol. The van der Waals surface area contributed by atoms with Gasteiger partial charge < -0.3 is 0 Å². The number of hydrogen-bond acceptors (Lipinski definition) is 3. The average molecular weight is 342 g/mol. The number of benzene rings is 2. The highest BCUT2D eigenvalue weighted by Gasteiger charge is 2.41.